The van der Waals surface area contributed by atoms with Crippen molar-refractivity contribution in [2.45, 2.75) is 24.7 Å². The first-order chi connectivity index (χ1) is 8.19. The van der Waals surface area contributed by atoms with Crippen molar-refractivity contribution >= 4 is 11.9 Å². The van der Waals surface area contributed by atoms with Gasteiger partial charge in [0.25, 0.3) is 0 Å². The van der Waals surface area contributed by atoms with E-state index in [-0.39, 0.29) is 17.9 Å². The molecule has 0 radical (unpaired) electrons. The fourth-order valence-electron chi connectivity index (χ4n) is 1.72. The molecular formula is C9H13F3N2O4. The van der Waals surface area contributed by atoms with Crippen molar-refractivity contribution in [3.63, 3.8) is 0 Å². The fraction of sp³-hybridized carbons (Fsp3) is 0.778. The molecule has 2 atom stereocenters. The van der Waals surface area contributed by atoms with Crippen LogP contribution in [-0.2, 0) is 9.59 Å². The Bertz CT molecular complexity index is 334. The van der Waals surface area contributed by atoms with E-state index in [0.717, 1.165) is 0 Å². The van der Waals surface area contributed by atoms with Gasteiger partial charge in [0.2, 0.25) is 5.91 Å². The van der Waals surface area contributed by atoms with Gasteiger partial charge in [-0.1, -0.05) is 0 Å². The average Bonchev–Trinajstić information content (AvgIpc) is 2.59. The van der Waals surface area contributed by atoms with Crippen molar-refractivity contribution < 1.29 is 33.0 Å². The zero-order valence-electron chi connectivity index (χ0n) is 9.28. The number of β-amino-alcohol motifs (C(OH)–C–C–N with tert-alkyl or cyclic N) is 1. The number of halogens is 3. The molecule has 0 bridgehead atoms. The molecule has 0 aromatic rings. The number of aliphatic hydroxyl groups excluding tert-OH is 1. The summed E-state index contributed by atoms with van der Waals surface area (Å²) in [5.74, 6) is -2.49. The highest BCUT2D eigenvalue weighted by molar-refractivity contribution is 5.85. The molecule has 0 spiro atoms. The van der Waals surface area contributed by atoms with Crippen LogP contribution >= 0.6 is 0 Å². The topological polar surface area (TPSA) is 89.9 Å². The maximum atomic E-state index is 12.2. The molecule has 18 heavy (non-hydrogen) atoms. The number of carboxylic acids is 1. The average molecular weight is 270 g/mol. The van der Waals surface area contributed by atoms with Crippen LogP contribution in [0.4, 0.5) is 13.2 Å². The van der Waals surface area contributed by atoms with Gasteiger partial charge in [0.1, 0.15) is 13.1 Å². The number of carbonyl (C=O) groups is 2. The van der Waals surface area contributed by atoms with Gasteiger partial charge in [-0.2, -0.15) is 13.2 Å². The summed E-state index contributed by atoms with van der Waals surface area (Å²) in [6.07, 6.45) is -5.49. The number of carbonyl (C=O) groups excluding carboxylic acids is 1. The molecule has 2 unspecified atom stereocenters. The van der Waals surface area contributed by atoms with Crippen LogP contribution in [0.5, 0.6) is 0 Å². The molecule has 104 valence electrons. The van der Waals surface area contributed by atoms with Crippen LogP contribution in [0.15, 0.2) is 0 Å². The van der Waals surface area contributed by atoms with E-state index in [4.69, 9.17) is 5.11 Å². The number of nitrogens with zero attached hydrogens (tertiary/aromatic N) is 1. The van der Waals surface area contributed by atoms with Gasteiger partial charge in [-0.15, -0.1) is 0 Å². The lowest BCUT2D eigenvalue weighted by Crippen LogP contribution is -2.49. The van der Waals surface area contributed by atoms with Crippen LogP contribution in [-0.4, -0.2) is 64.9 Å². The Hall–Kier alpha value is -1.35. The molecule has 1 aliphatic rings. The number of hydrogen-bond donors (Lipinski definition) is 3. The normalized spacial score (nSPS) is 24.0. The van der Waals surface area contributed by atoms with E-state index in [2.05, 4.69) is 5.32 Å². The minimum atomic E-state index is -4.66. The first kappa shape index (κ1) is 14.7. The smallest absolute Gasteiger partial charge is 0.406 e. The molecule has 1 fully saturated rings. The molecule has 1 aliphatic heterocycles. The Morgan fingerprint density at radius 1 is 1.39 bits per heavy atom. The van der Waals surface area contributed by atoms with E-state index < -0.39 is 43.3 Å². The van der Waals surface area contributed by atoms with Crippen molar-refractivity contribution in [2.24, 2.45) is 0 Å². The van der Waals surface area contributed by atoms with Gasteiger partial charge in [0.05, 0.1) is 12.1 Å². The standard InChI is InChI=1S/C9H13F3N2O4/c10-9(11,12)4-14(3-7(16)17)8(18)6-1-5(15)2-13-6/h5-6,13,15H,1-4H2,(H,16,17). The van der Waals surface area contributed by atoms with E-state index in [1.54, 1.807) is 0 Å². The van der Waals surface area contributed by atoms with Crippen LogP contribution in [0.1, 0.15) is 6.42 Å². The van der Waals surface area contributed by atoms with Gasteiger partial charge in [-0.25, -0.2) is 0 Å². The second-order valence-corrected chi connectivity index (χ2v) is 4.05. The predicted molar refractivity (Wildman–Crippen MR) is 52.7 cm³/mol. The minimum Gasteiger partial charge on any atom is -0.480 e. The third-order valence-corrected chi connectivity index (χ3v) is 2.41. The van der Waals surface area contributed by atoms with Gasteiger partial charge in [0, 0.05) is 6.54 Å². The number of aliphatic hydroxyl groups is 1. The maximum absolute atomic E-state index is 12.2. The number of alkyl halides is 3. The lowest BCUT2D eigenvalue weighted by atomic mass is 10.2. The van der Waals surface area contributed by atoms with Crippen molar-refractivity contribution in [3.05, 3.63) is 0 Å². The Morgan fingerprint density at radius 3 is 2.39 bits per heavy atom. The van der Waals surface area contributed by atoms with Crippen molar-refractivity contribution in [1.29, 1.82) is 0 Å². The lowest BCUT2D eigenvalue weighted by molar-refractivity contribution is -0.166. The van der Waals surface area contributed by atoms with Crippen molar-refractivity contribution in [1.82, 2.24) is 10.2 Å². The van der Waals surface area contributed by atoms with E-state index in [1.807, 2.05) is 0 Å². The number of nitrogens with one attached hydrogen (secondary N) is 1. The molecule has 0 saturated carbocycles. The molecule has 9 heteroatoms. The van der Waals surface area contributed by atoms with E-state index in [0.29, 0.717) is 0 Å². The number of amides is 1. The van der Waals surface area contributed by atoms with Gasteiger partial charge >= 0.3 is 12.1 Å². The number of hydrogen-bond acceptors (Lipinski definition) is 4. The molecule has 1 heterocycles. The summed E-state index contributed by atoms with van der Waals surface area (Å²) in [7, 11) is 0. The fourth-order valence-corrected chi connectivity index (χ4v) is 1.72. The Kier molecular flexibility index (Phi) is 4.52. The van der Waals surface area contributed by atoms with E-state index >= 15 is 0 Å². The summed E-state index contributed by atoms with van der Waals surface area (Å²) in [5, 5.41) is 20.2. The quantitative estimate of drug-likeness (QED) is 0.621. The molecule has 1 saturated heterocycles. The highest BCUT2D eigenvalue weighted by Gasteiger charge is 2.38. The van der Waals surface area contributed by atoms with Gasteiger partial charge < -0.3 is 20.4 Å². The van der Waals surface area contributed by atoms with Crippen LogP contribution in [0.3, 0.4) is 0 Å². The maximum Gasteiger partial charge on any atom is 0.406 e. The zero-order chi connectivity index (χ0) is 13.9. The number of rotatable bonds is 4. The minimum absolute atomic E-state index is 0.0210. The van der Waals surface area contributed by atoms with Crippen LogP contribution < -0.4 is 5.32 Å². The third-order valence-electron chi connectivity index (χ3n) is 2.41. The molecule has 1 amide bonds. The van der Waals surface area contributed by atoms with Gasteiger partial charge in [-0.05, 0) is 6.42 Å². The number of aliphatic carboxylic acids is 1. The Labute approximate surface area is 100 Å². The molecule has 0 aliphatic carbocycles. The molecule has 1 rings (SSSR count). The predicted octanol–water partition coefficient (Wildman–Crippen LogP) is -0.815. The highest BCUT2D eigenvalue weighted by atomic mass is 19.4. The summed E-state index contributed by atoms with van der Waals surface area (Å²) in [5.41, 5.74) is 0. The first-order valence-corrected chi connectivity index (χ1v) is 5.18. The monoisotopic (exact) mass is 270 g/mol. The largest absolute Gasteiger partial charge is 0.480 e. The Morgan fingerprint density at radius 2 is 2.00 bits per heavy atom. The van der Waals surface area contributed by atoms with Crippen molar-refractivity contribution in [2.75, 3.05) is 19.6 Å². The second kappa shape index (κ2) is 5.53. The summed E-state index contributed by atoms with van der Waals surface area (Å²) in [4.78, 5) is 22.4. The van der Waals surface area contributed by atoms with E-state index in [9.17, 15) is 27.9 Å². The summed E-state index contributed by atoms with van der Waals surface area (Å²) in [6.45, 7) is -2.54. The summed E-state index contributed by atoms with van der Waals surface area (Å²) in [6, 6.07) is -0.971. The number of carboxylic acid groups (broad SMARTS) is 1. The lowest BCUT2D eigenvalue weighted by Gasteiger charge is -2.24. The second-order valence-electron chi connectivity index (χ2n) is 4.05. The molecule has 6 nitrogen and oxygen atoms in total. The van der Waals surface area contributed by atoms with Crippen molar-refractivity contribution in [3.8, 4) is 0 Å². The van der Waals surface area contributed by atoms with Crippen LogP contribution in [0, 0.1) is 0 Å². The van der Waals surface area contributed by atoms with Gasteiger partial charge in [0.15, 0.2) is 0 Å². The van der Waals surface area contributed by atoms with Crippen LogP contribution in [0.25, 0.3) is 0 Å². The van der Waals surface area contributed by atoms with Gasteiger partial charge in [-0.3, -0.25) is 9.59 Å². The molecule has 0 aromatic heterocycles. The summed E-state index contributed by atoms with van der Waals surface area (Å²) < 4.78 is 36.7. The molecule has 3 N–H and O–H groups in total. The molecular weight excluding hydrogens is 257 g/mol. The van der Waals surface area contributed by atoms with Crippen LogP contribution in [0.2, 0.25) is 0 Å². The SMILES string of the molecule is O=C(O)CN(CC(F)(F)F)C(=O)C1CC(O)CN1. The molecule has 0 aromatic carbocycles. The third kappa shape index (κ3) is 4.49. The zero-order valence-corrected chi connectivity index (χ0v) is 9.28. The summed E-state index contributed by atoms with van der Waals surface area (Å²) >= 11 is 0. The van der Waals surface area contributed by atoms with E-state index in [1.165, 1.54) is 0 Å². The Balaban J connectivity index is 2.69. The highest BCUT2D eigenvalue weighted by Crippen LogP contribution is 2.18. The first-order valence-electron chi connectivity index (χ1n) is 5.18.